The Morgan fingerprint density at radius 2 is 1.76 bits per heavy atom. The van der Waals surface area contributed by atoms with Gasteiger partial charge in [0.1, 0.15) is 10.3 Å². The summed E-state index contributed by atoms with van der Waals surface area (Å²) < 4.78 is 0. The van der Waals surface area contributed by atoms with Crippen LogP contribution in [0.5, 0.6) is 0 Å². The maximum atomic E-state index is 9.32. The Bertz CT molecular complexity index is 557. The topological polar surface area (TPSA) is 36.4 Å². The van der Waals surface area contributed by atoms with Crippen molar-refractivity contribution >= 4 is 23.2 Å². The van der Waals surface area contributed by atoms with Crippen molar-refractivity contribution in [3.8, 4) is 0 Å². The summed E-state index contributed by atoms with van der Waals surface area (Å²) in [5, 5.41) is 10.1. The van der Waals surface area contributed by atoms with Crippen molar-refractivity contribution in [3.63, 3.8) is 0 Å². The number of aliphatic hydroxyl groups excluding tert-OH is 1. The lowest BCUT2D eigenvalue weighted by atomic mass is 10.0. The summed E-state index contributed by atoms with van der Waals surface area (Å²) in [6.07, 6.45) is 0.674. The fraction of sp³-hybridized carbons (Fsp3) is 0.312. The van der Waals surface area contributed by atoms with Gasteiger partial charge in [0.2, 0.25) is 0 Å². The Morgan fingerprint density at radius 1 is 1.14 bits per heavy atom. The first-order chi connectivity index (χ1) is 10.1. The molecule has 0 saturated heterocycles. The Morgan fingerprint density at radius 3 is 2.33 bits per heavy atom. The van der Waals surface area contributed by atoms with Crippen molar-refractivity contribution in [2.24, 2.45) is 0 Å². The summed E-state index contributed by atoms with van der Waals surface area (Å²) in [5.74, 6) is 0. The molecule has 1 aromatic heterocycles. The van der Waals surface area contributed by atoms with E-state index in [-0.39, 0.29) is 12.6 Å². The molecule has 0 radical (unpaired) electrons. The van der Waals surface area contributed by atoms with E-state index in [2.05, 4.69) is 22.0 Å². The number of rotatable bonds is 6. The molecular weight excluding hydrogens is 307 g/mol. The number of pyridine rings is 1. The van der Waals surface area contributed by atoms with Crippen LogP contribution in [0, 0.1) is 0 Å². The molecule has 0 spiro atoms. The number of nitrogens with zero attached hydrogens (tertiary/aromatic N) is 2. The molecular formula is C16H18Cl2N2O. The van der Waals surface area contributed by atoms with Gasteiger partial charge in [-0.15, -0.1) is 0 Å². The Hall–Kier alpha value is -1.13. The molecule has 0 aliphatic carbocycles. The van der Waals surface area contributed by atoms with Crippen LogP contribution in [0.1, 0.15) is 23.6 Å². The molecule has 1 aromatic carbocycles. The highest BCUT2D eigenvalue weighted by molar-refractivity contribution is 6.32. The molecule has 1 heterocycles. The van der Waals surface area contributed by atoms with Crippen LogP contribution in [0.3, 0.4) is 0 Å². The molecule has 21 heavy (non-hydrogen) atoms. The third kappa shape index (κ3) is 4.68. The summed E-state index contributed by atoms with van der Waals surface area (Å²) in [4.78, 5) is 6.13. The van der Waals surface area contributed by atoms with Crippen molar-refractivity contribution in [1.82, 2.24) is 9.88 Å². The second kappa shape index (κ2) is 7.76. The quantitative estimate of drug-likeness (QED) is 0.817. The second-order valence-corrected chi connectivity index (χ2v) is 5.75. The summed E-state index contributed by atoms with van der Waals surface area (Å²) in [5.41, 5.74) is 2.18. The third-order valence-corrected chi connectivity index (χ3v) is 3.76. The van der Waals surface area contributed by atoms with E-state index in [1.807, 2.05) is 37.4 Å². The fourth-order valence-electron chi connectivity index (χ4n) is 2.44. The number of aromatic nitrogens is 1. The molecule has 0 aliphatic rings. The van der Waals surface area contributed by atoms with Gasteiger partial charge in [0.15, 0.2) is 0 Å². The average Bonchev–Trinajstić information content (AvgIpc) is 2.44. The fourth-order valence-corrected chi connectivity index (χ4v) is 2.95. The number of aliphatic hydroxyl groups is 1. The van der Waals surface area contributed by atoms with Crippen LogP contribution >= 0.6 is 23.2 Å². The zero-order valence-electron chi connectivity index (χ0n) is 11.8. The van der Waals surface area contributed by atoms with E-state index < -0.39 is 0 Å². The molecule has 0 amide bonds. The van der Waals surface area contributed by atoms with Crippen LogP contribution in [-0.2, 0) is 6.54 Å². The predicted molar refractivity (Wildman–Crippen MR) is 86.6 cm³/mol. The minimum absolute atomic E-state index is 0.141. The average molecular weight is 325 g/mol. The Balaban J connectivity index is 2.17. The summed E-state index contributed by atoms with van der Waals surface area (Å²) in [6, 6.07) is 13.9. The van der Waals surface area contributed by atoms with E-state index in [1.54, 1.807) is 0 Å². The van der Waals surface area contributed by atoms with Gasteiger partial charge in [0.25, 0.3) is 0 Å². The zero-order chi connectivity index (χ0) is 15.2. The molecule has 5 heteroatoms. The molecule has 0 aliphatic heterocycles. The first-order valence-electron chi connectivity index (χ1n) is 6.78. The van der Waals surface area contributed by atoms with Crippen LogP contribution in [0.4, 0.5) is 0 Å². The molecule has 0 saturated carbocycles. The summed E-state index contributed by atoms with van der Waals surface area (Å²) in [7, 11) is 2.02. The van der Waals surface area contributed by atoms with E-state index in [0.717, 1.165) is 5.56 Å². The number of benzene rings is 1. The van der Waals surface area contributed by atoms with Crippen LogP contribution in [-0.4, -0.2) is 28.6 Å². The SMILES string of the molecule is CN(Cc1cc(Cl)nc(Cl)c1)C(CCO)c1ccccc1. The van der Waals surface area contributed by atoms with Gasteiger partial charge in [-0.2, -0.15) is 0 Å². The van der Waals surface area contributed by atoms with Gasteiger partial charge in [-0.25, -0.2) is 4.98 Å². The lowest BCUT2D eigenvalue weighted by Gasteiger charge is -2.28. The van der Waals surface area contributed by atoms with Gasteiger partial charge < -0.3 is 5.11 Å². The molecule has 0 bridgehead atoms. The molecule has 3 nitrogen and oxygen atoms in total. The van der Waals surface area contributed by atoms with Crippen molar-refractivity contribution in [2.75, 3.05) is 13.7 Å². The highest BCUT2D eigenvalue weighted by Gasteiger charge is 2.17. The Labute approximate surface area is 135 Å². The monoisotopic (exact) mass is 324 g/mol. The van der Waals surface area contributed by atoms with Crippen LogP contribution in [0.2, 0.25) is 10.3 Å². The standard InChI is InChI=1S/C16H18Cl2N2O/c1-20(11-12-9-15(17)19-16(18)10-12)14(7-8-21)13-5-3-2-4-6-13/h2-6,9-10,14,21H,7-8,11H2,1H3. The number of hydrogen-bond donors (Lipinski definition) is 1. The van der Waals surface area contributed by atoms with Gasteiger partial charge in [0.05, 0.1) is 0 Å². The summed E-state index contributed by atoms with van der Waals surface area (Å²) in [6.45, 7) is 0.823. The smallest absolute Gasteiger partial charge is 0.131 e. The van der Waals surface area contributed by atoms with Crippen LogP contribution in [0.25, 0.3) is 0 Å². The predicted octanol–water partition coefficient (Wildman–Crippen LogP) is 3.94. The third-order valence-electron chi connectivity index (χ3n) is 3.37. The minimum Gasteiger partial charge on any atom is -0.396 e. The summed E-state index contributed by atoms with van der Waals surface area (Å²) >= 11 is 11.9. The van der Waals surface area contributed by atoms with E-state index in [0.29, 0.717) is 23.3 Å². The molecule has 0 fully saturated rings. The van der Waals surface area contributed by atoms with Crippen LogP contribution in [0.15, 0.2) is 42.5 Å². The molecule has 2 aromatic rings. The molecule has 1 N–H and O–H groups in total. The largest absolute Gasteiger partial charge is 0.396 e. The van der Waals surface area contributed by atoms with Gasteiger partial charge in [-0.1, -0.05) is 53.5 Å². The molecule has 2 rings (SSSR count). The van der Waals surface area contributed by atoms with Gasteiger partial charge in [-0.3, -0.25) is 4.90 Å². The van der Waals surface area contributed by atoms with Gasteiger partial charge >= 0.3 is 0 Å². The number of hydrogen-bond acceptors (Lipinski definition) is 3. The van der Waals surface area contributed by atoms with Crippen molar-refractivity contribution < 1.29 is 5.11 Å². The van der Waals surface area contributed by atoms with E-state index in [9.17, 15) is 5.11 Å². The molecule has 1 unspecified atom stereocenters. The van der Waals surface area contributed by atoms with E-state index in [1.165, 1.54) is 5.56 Å². The Kier molecular flexibility index (Phi) is 6.00. The van der Waals surface area contributed by atoms with Crippen molar-refractivity contribution in [1.29, 1.82) is 0 Å². The molecule has 1 atom stereocenters. The first kappa shape index (κ1) is 16.2. The van der Waals surface area contributed by atoms with Crippen molar-refractivity contribution in [2.45, 2.75) is 19.0 Å². The van der Waals surface area contributed by atoms with E-state index >= 15 is 0 Å². The lowest BCUT2D eigenvalue weighted by molar-refractivity contribution is 0.180. The van der Waals surface area contributed by atoms with Crippen molar-refractivity contribution in [3.05, 3.63) is 63.9 Å². The van der Waals surface area contributed by atoms with E-state index in [4.69, 9.17) is 23.2 Å². The highest BCUT2D eigenvalue weighted by atomic mass is 35.5. The van der Waals surface area contributed by atoms with Gasteiger partial charge in [-0.05, 0) is 36.7 Å². The minimum atomic E-state index is 0.141. The normalized spacial score (nSPS) is 12.6. The first-order valence-corrected chi connectivity index (χ1v) is 7.53. The maximum Gasteiger partial charge on any atom is 0.131 e. The zero-order valence-corrected chi connectivity index (χ0v) is 13.3. The van der Waals surface area contributed by atoms with Crippen LogP contribution < -0.4 is 0 Å². The van der Waals surface area contributed by atoms with Gasteiger partial charge in [0, 0.05) is 19.2 Å². The maximum absolute atomic E-state index is 9.32. The second-order valence-electron chi connectivity index (χ2n) is 4.97. The number of halogens is 2. The highest BCUT2D eigenvalue weighted by Crippen LogP contribution is 2.25. The molecule has 112 valence electrons. The lowest BCUT2D eigenvalue weighted by Crippen LogP contribution is -2.25.